The summed E-state index contributed by atoms with van der Waals surface area (Å²) in [5, 5.41) is 2.50. The first-order valence-electron chi connectivity index (χ1n) is 7.10. The highest BCUT2D eigenvalue weighted by atomic mass is 15.1. The third kappa shape index (κ3) is 2.75. The van der Waals surface area contributed by atoms with Crippen LogP contribution in [0.25, 0.3) is 10.8 Å². The molecule has 0 unspecified atom stereocenters. The summed E-state index contributed by atoms with van der Waals surface area (Å²) in [4.78, 5) is 2.26. The summed E-state index contributed by atoms with van der Waals surface area (Å²) in [6.45, 7) is 2.57. The Hall–Kier alpha value is -2.72. The van der Waals surface area contributed by atoms with Crippen molar-refractivity contribution in [2.75, 3.05) is 11.4 Å². The van der Waals surface area contributed by atoms with Gasteiger partial charge in [-0.15, -0.1) is 5.92 Å². The molecule has 1 heteroatoms. The minimum absolute atomic E-state index is 0.689. The third-order valence-corrected chi connectivity index (χ3v) is 3.54. The number of rotatable bonds is 3. The second-order valence-corrected chi connectivity index (χ2v) is 4.85. The van der Waals surface area contributed by atoms with Gasteiger partial charge < -0.3 is 4.90 Å². The molecule has 0 N–H and O–H groups in total. The van der Waals surface area contributed by atoms with Gasteiger partial charge in [0.05, 0.1) is 6.54 Å². The molecule has 0 aliphatic rings. The SMILES string of the molecule is CC#CCN(c1ccccc1)c1cccc2ccccc12. The normalized spacial score (nSPS) is 9.95. The fourth-order valence-electron chi connectivity index (χ4n) is 2.53. The number of nitrogens with zero attached hydrogens (tertiary/aromatic N) is 1. The van der Waals surface area contributed by atoms with E-state index in [1.165, 1.54) is 16.5 Å². The Bertz CT molecular complexity index is 789. The van der Waals surface area contributed by atoms with Crippen molar-refractivity contribution in [2.45, 2.75) is 6.92 Å². The summed E-state index contributed by atoms with van der Waals surface area (Å²) in [7, 11) is 0. The molecule has 0 saturated heterocycles. The number of para-hydroxylation sites is 1. The minimum Gasteiger partial charge on any atom is -0.329 e. The molecule has 0 spiro atoms. The zero-order valence-electron chi connectivity index (χ0n) is 12.1. The zero-order valence-corrected chi connectivity index (χ0v) is 12.1. The minimum atomic E-state index is 0.689. The van der Waals surface area contributed by atoms with Crippen molar-refractivity contribution in [2.24, 2.45) is 0 Å². The molecule has 0 aliphatic carbocycles. The lowest BCUT2D eigenvalue weighted by Gasteiger charge is -2.24. The lowest BCUT2D eigenvalue weighted by molar-refractivity contribution is 1.13. The molecule has 0 heterocycles. The highest BCUT2D eigenvalue weighted by Gasteiger charge is 2.10. The van der Waals surface area contributed by atoms with Gasteiger partial charge in [-0.25, -0.2) is 0 Å². The van der Waals surface area contributed by atoms with E-state index in [9.17, 15) is 0 Å². The Balaban J connectivity index is 2.16. The smallest absolute Gasteiger partial charge is 0.0843 e. The monoisotopic (exact) mass is 271 g/mol. The van der Waals surface area contributed by atoms with E-state index in [-0.39, 0.29) is 0 Å². The third-order valence-electron chi connectivity index (χ3n) is 3.54. The highest BCUT2D eigenvalue weighted by Crippen LogP contribution is 2.31. The van der Waals surface area contributed by atoms with Crippen LogP contribution in [0.2, 0.25) is 0 Å². The number of hydrogen-bond donors (Lipinski definition) is 0. The van der Waals surface area contributed by atoms with Crippen LogP contribution in [-0.4, -0.2) is 6.54 Å². The van der Waals surface area contributed by atoms with Crippen LogP contribution in [0.3, 0.4) is 0 Å². The van der Waals surface area contributed by atoms with Gasteiger partial charge in [0.2, 0.25) is 0 Å². The first kappa shape index (κ1) is 13.3. The number of hydrogen-bond acceptors (Lipinski definition) is 1. The first-order valence-corrected chi connectivity index (χ1v) is 7.10. The van der Waals surface area contributed by atoms with Gasteiger partial charge in [0.1, 0.15) is 0 Å². The molecule has 0 amide bonds. The van der Waals surface area contributed by atoms with Gasteiger partial charge in [0, 0.05) is 16.8 Å². The molecule has 3 rings (SSSR count). The lowest BCUT2D eigenvalue weighted by atomic mass is 10.1. The van der Waals surface area contributed by atoms with Crippen LogP contribution in [0.4, 0.5) is 11.4 Å². The predicted molar refractivity (Wildman–Crippen MR) is 90.8 cm³/mol. The van der Waals surface area contributed by atoms with Gasteiger partial charge in [-0.1, -0.05) is 60.5 Å². The fraction of sp³-hybridized carbons (Fsp3) is 0.100. The Morgan fingerprint density at radius 1 is 0.810 bits per heavy atom. The van der Waals surface area contributed by atoms with Crippen molar-refractivity contribution in [3.05, 3.63) is 72.8 Å². The van der Waals surface area contributed by atoms with E-state index in [0.29, 0.717) is 6.54 Å². The maximum Gasteiger partial charge on any atom is 0.0843 e. The van der Waals surface area contributed by atoms with Crippen LogP contribution in [0.15, 0.2) is 72.8 Å². The molecule has 0 saturated carbocycles. The molecule has 0 fully saturated rings. The van der Waals surface area contributed by atoms with E-state index < -0.39 is 0 Å². The Morgan fingerprint density at radius 3 is 2.33 bits per heavy atom. The summed E-state index contributed by atoms with van der Waals surface area (Å²) in [5.74, 6) is 6.18. The maximum absolute atomic E-state index is 3.19. The van der Waals surface area contributed by atoms with E-state index in [2.05, 4.69) is 83.5 Å². The average Bonchev–Trinajstić information content (AvgIpc) is 2.56. The lowest BCUT2D eigenvalue weighted by Crippen LogP contribution is -2.17. The summed E-state index contributed by atoms with van der Waals surface area (Å²) >= 11 is 0. The van der Waals surface area contributed by atoms with Gasteiger partial charge >= 0.3 is 0 Å². The molecule has 0 aromatic heterocycles. The molecule has 0 aliphatic heterocycles. The van der Waals surface area contributed by atoms with Crippen molar-refractivity contribution in [3.63, 3.8) is 0 Å². The Kier molecular flexibility index (Phi) is 3.89. The largest absolute Gasteiger partial charge is 0.329 e. The van der Waals surface area contributed by atoms with Crippen LogP contribution >= 0.6 is 0 Å². The summed E-state index contributed by atoms with van der Waals surface area (Å²) in [6.07, 6.45) is 0. The van der Waals surface area contributed by atoms with Crippen molar-refractivity contribution >= 4 is 22.1 Å². The quantitative estimate of drug-likeness (QED) is 0.606. The zero-order chi connectivity index (χ0) is 14.5. The van der Waals surface area contributed by atoms with Crippen LogP contribution in [-0.2, 0) is 0 Å². The van der Waals surface area contributed by atoms with Gasteiger partial charge in [-0.2, -0.15) is 0 Å². The second kappa shape index (κ2) is 6.15. The van der Waals surface area contributed by atoms with Crippen molar-refractivity contribution in [1.82, 2.24) is 0 Å². The van der Waals surface area contributed by atoms with E-state index in [0.717, 1.165) is 5.69 Å². The van der Waals surface area contributed by atoms with Crippen molar-refractivity contribution < 1.29 is 0 Å². The molecule has 0 radical (unpaired) electrons. The van der Waals surface area contributed by atoms with E-state index in [1.807, 2.05) is 13.0 Å². The number of fused-ring (bicyclic) bond motifs is 1. The summed E-state index contributed by atoms with van der Waals surface area (Å²) in [6, 6.07) is 25.3. The van der Waals surface area contributed by atoms with Gasteiger partial charge in [-0.05, 0) is 30.5 Å². The van der Waals surface area contributed by atoms with Crippen LogP contribution in [0, 0.1) is 11.8 Å². The highest BCUT2D eigenvalue weighted by molar-refractivity contribution is 5.96. The molecule has 0 bridgehead atoms. The summed E-state index contributed by atoms with van der Waals surface area (Å²) in [5.41, 5.74) is 2.36. The van der Waals surface area contributed by atoms with Gasteiger partial charge in [-0.3, -0.25) is 0 Å². The second-order valence-electron chi connectivity index (χ2n) is 4.85. The molecular weight excluding hydrogens is 254 g/mol. The van der Waals surface area contributed by atoms with E-state index in [1.54, 1.807) is 0 Å². The topological polar surface area (TPSA) is 3.24 Å². The fourth-order valence-corrected chi connectivity index (χ4v) is 2.53. The average molecular weight is 271 g/mol. The standard InChI is InChI=1S/C20H17N/c1-2-3-16-21(18-12-5-4-6-13-18)20-15-9-11-17-10-7-8-14-19(17)20/h4-15H,16H2,1H3. The predicted octanol–water partition coefficient (Wildman–Crippen LogP) is 5.00. The van der Waals surface area contributed by atoms with Crippen LogP contribution in [0.5, 0.6) is 0 Å². The molecule has 21 heavy (non-hydrogen) atoms. The van der Waals surface area contributed by atoms with E-state index in [4.69, 9.17) is 0 Å². The summed E-state index contributed by atoms with van der Waals surface area (Å²) < 4.78 is 0. The van der Waals surface area contributed by atoms with Crippen molar-refractivity contribution in [1.29, 1.82) is 0 Å². The molecule has 0 atom stereocenters. The van der Waals surface area contributed by atoms with E-state index >= 15 is 0 Å². The first-order chi connectivity index (χ1) is 10.4. The van der Waals surface area contributed by atoms with Crippen LogP contribution in [0.1, 0.15) is 6.92 Å². The molecule has 1 nitrogen and oxygen atoms in total. The molecule has 3 aromatic carbocycles. The van der Waals surface area contributed by atoms with Gasteiger partial charge in [0.15, 0.2) is 0 Å². The molecule has 3 aromatic rings. The number of benzene rings is 3. The van der Waals surface area contributed by atoms with Gasteiger partial charge in [0.25, 0.3) is 0 Å². The Morgan fingerprint density at radius 2 is 1.52 bits per heavy atom. The number of anilines is 2. The molecule has 102 valence electrons. The molecular formula is C20H17N. The maximum atomic E-state index is 3.19. The van der Waals surface area contributed by atoms with Crippen molar-refractivity contribution in [3.8, 4) is 11.8 Å². The Labute approximate surface area is 125 Å². The van der Waals surface area contributed by atoms with Crippen LogP contribution < -0.4 is 4.90 Å².